The van der Waals surface area contributed by atoms with Gasteiger partial charge in [-0.15, -0.1) is 0 Å². The van der Waals surface area contributed by atoms with E-state index in [0.29, 0.717) is 0 Å². The smallest absolute Gasteiger partial charge is 0.179 e. The summed E-state index contributed by atoms with van der Waals surface area (Å²) in [6.45, 7) is 0. The molecule has 0 spiro atoms. The summed E-state index contributed by atoms with van der Waals surface area (Å²) in [5.74, 6) is 0. The highest BCUT2D eigenvalue weighted by molar-refractivity contribution is 7.99. The van der Waals surface area contributed by atoms with Crippen LogP contribution in [0.15, 0.2) is 77.2 Å². The van der Waals surface area contributed by atoms with E-state index in [2.05, 4.69) is 32.0 Å². The van der Waals surface area contributed by atoms with Gasteiger partial charge in [-0.05, 0) is 42.5 Å². The zero-order chi connectivity index (χ0) is 16.4. The summed E-state index contributed by atoms with van der Waals surface area (Å²) in [6, 6.07) is 16.1. The third-order valence-electron chi connectivity index (χ3n) is 3.64. The van der Waals surface area contributed by atoms with Crippen LogP contribution in [0.3, 0.4) is 0 Å². The molecular formula is C18H15N5S. The molecule has 4 aromatic rings. The normalized spacial score (nSPS) is 10.9. The van der Waals surface area contributed by atoms with Gasteiger partial charge in [0.05, 0.1) is 5.69 Å². The fraction of sp³-hybridized carbons (Fsp3) is 0.0556. The predicted octanol–water partition coefficient (Wildman–Crippen LogP) is 4.01. The summed E-state index contributed by atoms with van der Waals surface area (Å²) in [6.07, 6.45) is 5.37. The zero-order valence-electron chi connectivity index (χ0n) is 13.0. The van der Waals surface area contributed by atoms with Gasteiger partial charge in [0.2, 0.25) is 0 Å². The third kappa shape index (κ3) is 2.72. The number of nitrogens with zero attached hydrogens (tertiary/aromatic N) is 4. The van der Waals surface area contributed by atoms with Gasteiger partial charge in [-0.25, -0.2) is 9.97 Å². The summed E-state index contributed by atoms with van der Waals surface area (Å²) < 4.78 is 2.08. The highest BCUT2D eigenvalue weighted by Gasteiger charge is 2.14. The fourth-order valence-electron chi connectivity index (χ4n) is 2.51. The Morgan fingerprint density at radius 1 is 1.00 bits per heavy atom. The van der Waals surface area contributed by atoms with Crippen molar-refractivity contribution < 1.29 is 0 Å². The molecule has 3 heterocycles. The number of pyridine rings is 2. The molecule has 6 heteroatoms. The van der Waals surface area contributed by atoms with Crippen molar-refractivity contribution in [2.24, 2.45) is 0 Å². The van der Waals surface area contributed by atoms with Gasteiger partial charge in [0.15, 0.2) is 10.8 Å². The Hall–Kier alpha value is -2.86. The lowest BCUT2D eigenvalue weighted by molar-refractivity contribution is 0.909. The molecule has 0 saturated carbocycles. The molecule has 0 aliphatic heterocycles. The Morgan fingerprint density at radius 3 is 2.71 bits per heavy atom. The van der Waals surface area contributed by atoms with Crippen molar-refractivity contribution in [3.63, 3.8) is 0 Å². The second kappa shape index (κ2) is 6.33. The van der Waals surface area contributed by atoms with E-state index in [1.807, 2.05) is 43.4 Å². The van der Waals surface area contributed by atoms with E-state index >= 15 is 0 Å². The number of fused-ring (bicyclic) bond motifs is 1. The van der Waals surface area contributed by atoms with Crippen molar-refractivity contribution in [2.45, 2.75) is 10.1 Å². The van der Waals surface area contributed by atoms with Gasteiger partial charge >= 0.3 is 0 Å². The van der Waals surface area contributed by atoms with E-state index in [0.717, 1.165) is 32.6 Å². The van der Waals surface area contributed by atoms with Gasteiger partial charge in [-0.2, -0.15) is 0 Å². The summed E-state index contributed by atoms with van der Waals surface area (Å²) in [4.78, 5) is 14.5. The van der Waals surface area contributed by atoms with Crippen LogP contribution >= 0.6 is 11.8 Å². The summed E-state index contributed by atoms with van der Waals surface area (Å²) in [7, 11) is 1.91. The van der Waals surface area contributed by atoms with Crippen LogP contribution in [0.25, 0.3) is 16.9 Å². The maximum Gasteiger partial charge on any atom is 0.179 e. The average Bonchev–Trinajstić information content (AvgIpc) is 3.00. The SMILES string of the molecule is CNc1cccc(-n2c(Sc3ccncc3)nc3cccnc32)c1. The summed E-state index contributed by atoms with van der Waals surface area (Å²) in [5.41, 5.74) is 3.80. The molecule has 0 amide bonds. The molecule has 0 unspecified atom stereocenters. The molecule has 0 atom stereocenters. The largest absolute Gasteiger partial charge is 0.388 e. The number of hydrogen-bond donors (Lipinski definition) is 1. The first-order valence-electron chi connectivity index (χ1n) is 7.55. The molecule has 24 heavy (non-hydrogen) atoms. The molecule has 1 aromatic carbocycles. The van der Waals surface area contributed by atoms with Gasteiger partial charge in [0.1, 0.15) is 5.52 Å². The van der Waals surface area contributed by atoms with Crippen molar-refractivity contribution in [3.8, 4) is 5.69 Å². The van der Waals surface area contributed by atoms with Crippen molar-refractivity contribution >= 4 is 28.6 Å². The maximum atomic E-state index is 4.76. The minimum Gasteiger partial charge on any atom is -0.388 e. The second-order valence-corrected chi connectivity index (χ2v) is 6.20. The molecule has 0 saturated heterocycles. The predicted molar refractivity (Wildman–Crippen MR) is 96.8 cm³/mol. The molecule has 1 N–H and O–H groups in total. The molecular weight excluding hydrogens is 318 g/mol. The third-order valence-corrected chi connectivity index (χ3v) is 4.60. The van der Waals surface area contributed by atoms with Gasteiger partial charge in [0, 0.05) is 36.2 Å². The Balaban J connectivity index is 1.89. The van der Waals surface area contributed by atoms with E-state index in [-0.39, 0.29) is 0 Å². The number of anilines is 1. The van der Waals surface area contributed by atoms with Gasteiger partial charge < -0.3 is 5.32 Å². The van der Waals surface area contributed by atoms with Crippen LogP contribution < -0.4 is 5.32 Å². The van der Waals surface area contributed by atoms with Crippen LogP contribution in [0, 0.1) is 0 Å². The van der Waals surface area contributed by atoms with Crippen molar-refractivity contribution in [3.05, 3.63) is 67.1 Å². The number of nitrogens with one attached hydrogen (secondary N) is 1. The Kier molecular flexibility index (Phi) is 3.88. The zero-order valence-corrected chi connectivity index (χ0v) is 13.9. The van der Waals surface area contributed by atoms with E-state index in [9.17, 15) is 0 Å². The van der Waals surface area contributed by atoms with E-state index in [1.54, 1.807) is 30.4 Å². The number of rotatable bonds is 4. The highest BCUT2D eigenvalue weighted by Crippen LogP contribution is 2.32. The first-order chi connectivity index (χ1) is 11.8. The molecule has 0 radical (unpaired) electrons. The van der Waals surface area contributed by atoms with Crippen LogP contribution in [0.1, 0.15) is 0 Å². The van der Waals surface area contributed by atoms with Crippen molar-refractivity contribution in [1.29, 1.82) is 0 Å². The van der Waals surface area contributed by atoms with Crippen LogP contribution in [0.4, 0.5) is 5.69 Å². The molecule has 0 aliphatic rings. The maximum absolute atomic E-state index is 4.76. The molecule has 4 rings (SSSR count). The Morgan fingerprint density at radius 2 is 1.88 bits per heavy atom. The average molecular weight is 333 g/mol. The first kappa shape index (κ1) is 14.7. The molecule has 0 fully saturated rings. The fourth-order valence-corrected chi connectivity index (χ4v) is 3.40. The highest BCUT2D eigenvalue weighted by atomic mass is 32.2. The molecule has 118 valence electrons. The standard InChI is InChI=1S/C18H15N5S/c1-19-13-4-2-5-14(12-13)23-17-16(6-3-9-21-17)22-18(23)24-15-7-10-20-11-8-15/h2-12,19H,1H3. The van der Waals surface area contributed by atoms with E-state index < -0.39 is 0 Å². The minimum atomic E-state index is 0.849. The van der Waals surface area contributed by atoms with Crippen molar-refractivity contribution in [1.82, 2.24) is 19.5 Å². The van der Waals surface area contributed by atoms with Crippen LogP contribution in [0.2, 0.25) is 0 Å². The van der Waals surface area contributed by atoms with Crippen molar-refractivity contribution in [2.75, 3.05) is 12.4 Å². The lowest BCUT2D eigenvalue weighted by Gasteiger charge is -2.10. The lowest BCUT2D eigenvalue weighted by atomic mass is 10.2. The molecule has 5 nitrogen and oxygen atoms in total. The number of aromatic nitrogens is 4. The molecule has 0 aliphatic carbocycles. The Bertz CT molecular complexity index is 981. The summed E-state index contributed by atoms with van der Waals surface area (Å²) >= 11 is 1.60. The first-order valence-corrected chi connectivity index (χ1v) is 8.36. The quantitative estimate of drug-likeness (QED) is 0.611. The minimum absolute atomic E-state index is 0.849. The van der Waals surface area contributed by atoms with Crippen LogP contribution in [-0.4, -0.2) is 26.6 Å². The topological polar surface area (TPSA) is 55.6 Å². The number of hydrogen-bond acceptors (Lipinski definition) is 5. The van der Waals surface area contributed by atoms with Gasteiger partial charge in [0.25, 0.3) is 0 Å². The molecule has 0 bridgehead atoms. The summed E-state index contributed by atoms with van der Waals surface area (Å²) in [5, 5.41) is 4.06. The second-order valence-electron chi connectivity index (χ2n) is 5.16. The molecule has 3 aromatic heterocycles. The number of benzene rings is 1. The number of imidazole rings is 1. The van der Waals surface area contributed by atoms with Crippen LogP contribution in [0.5, 0.6) is 0 Å². The lowest BCUT2D eigenvalue weighted by Crippen LogP contribution is -1.99. The van der Waals surface area contributed by atoms with Gasteiger partial charge in [-0.1, -0.05) is 17.8 Å². The van der Waals surface area contributed by atoms with Gasteiger partial charge in [-0.3, -0.25) is 9.55 Å². The van der Waals surface area contributed by atoms with E-state index in [1.165, 1.54) is 0 Å². The van der Waals surface area contributed by atoms with Crippen LogP contribution in [-0.2, 0) is 0 Å². The Labute approximate surface area is 143 Å². The van der Waals surface area contributed by atoms with E-state index in [4.69, 9.17) is 4.98 Å². The monoisotopic (exact) mass is 333 g/mol.